The van der Waals surface area contributed by atoms with Crippen molar-refractivity contribution >= 4 is 5.97 Å². The molecule has 0 unspecified atom stereocenters. The molecule has 0 aliphatic heterocycles. The molecular weight excluding hydrogens is 172 g/mol. The van der Waals surface area contributed by atoms with Crippen molar-refractivity contribution in [3.8, 4) is 0 Å². The molecule has 0 aromatic heterocycles. The van der Waals surface area contributed by atoms with Crippen LogP contribution >= 0.6 is 0 Å². The van der Waals surface area contributed by atoms with Gasteiger partial charge in [-0.05, 0) is 20.8 Å². The molecule has 4 heteroatoms. The third kappa shape index (κ3) is 9.30. The van der Waals surface area contributed by atoms with Gasteiger partial charge in [0.2, 0.25) is 0 Å². The monoisotopic (exact) mass is 190 g/mol. The topological polar surface area (TPSA) is 66.8 Å². The highest BCUT2D eigenvalue weighted by atomic mass is 16.5. The SMILES string of the molecule is C[C@H](O)CC(=O)OCCC(C)(C)O. The second kappa shape index (κ2) is 5.19. The Hall–Kier alpha value is -0.610. The highest BCUT2D eigenvalue weighted by molar-refractivity contribution is 5.69. The Morgan fingerprint density at radius 3 is 2.46 bits per heavy atom. The van der Waals surface area contributed by atoms with Gasteiger partial charge in [0.15, 0.2) is 0 Å². The molecule has 0 spiro atoms. The van der Waals surface area contributed by atoms with Crippen LogP contribution in [0.2, 0.25) is 0 Å². The van der Waals surface area contributed by atoms with Gasteiger partial charge in [0.1, 0.15) is 0 Å². The summed E-state index contributed by atoms with van der Waals surface area (Å²) in [4.78, 5) is 10.9. The number of hydrogen-bond donors (Lipinski definition) is 2. The van der Waals surface area contributed by atoms with Crippen LogP contribution in [-0.4, -0.2) is 34.5 Å². The third-order valence-corrected chi connectivity index (χ3v) is 1.44. The second-order valence-electron chi connectivity index (χ2n) is 3.84. The molecule has 0 aliphatic carbocycles. The van der Waals surface area contributed by atoms with Gasteiger partial charge in [0.05, 0.1) is 24.7 Å². The Labute approximate surface area is 78.5 Å². The van der Waals surface area contributed by atoms with Gasteiger partial charge in [0, 0.05) is 6.42 Å². The zero-order valence-corrected chi connectivity index (χ0v) is 8.41. The van der Waals surface area contributed by atoms with E-state index < -0.39 is 17.7 Å². The van der Waals surface area contributed by atoms with Crippen LogP contribution in [-0.2, 0) is 9.53 Å². The highest BCUT2D eigenvalue weighted by Gasteiger charge is 2.14. The number of carbonyl (C=O) groups excluding carboxylic acids is 1. The molecule has 0 aliphatic rings. The molecule has 4 nitrogen and oxygen atoms in total. The third-order valence-electron chi connectivity index (χ3n) is 1.44. The summed E-state index contributed by atoms with van der Waals surface area (Å²) >= 11 is 0. The zero-order chi connectivity index (χ0) is 10.5. The van der Waals surface area contributed by atoms with Crippen molar-refractivity contribution < 1.29 is 19.7 Å². The Kier molecular flexibility index (Phi) is 4.95. The Bertz CT molecular complexity index is 157. The number of ether oxygens (including phenoxy) is 1. The molecule has 2 N–H and O–H groups in total. The van der Waals surface area contributed by atoms with Crippen LogP contribution in [0.25, 0.3) is 0 Å². The van der Waals surface area contributed by atoms with E-state index in [4.69, 9.17) is 9.84 Å². The van der Waals surface area contributed by atoms with E-state index in [2.05, 4.69) is 0 Å². The van der Waals surface area contributed by atoms with Crippen LogP contribution in [0, 0.1) is 0 Å². The fraction of sp³-hybridized carbons (Fsp3) is 0.889. The molecule has 0 bridgehead atoms. The number of aliphatic hydroxyl groups is 2. The number of carbonyl (C=O) groups is 1. The lowest BCUT2D eigenvalue weighted by molar-refractivity contribution is -0.146. The van der Waals surface area contributed by atoms with Gasteiger partial charge in [-0.2, -0.15) is 0 Å². The summed E-state index contributed by atoms with van der Waals surface area (Å²) in [6.45, 7) is 5.01. The van der Waals surface area contributed by atoms with Crippen LogP contribution in [0.15, 0.2) is 0 Å². The lowest BCUT2D eigenvalue weighted by Crippen LogP contribution is -2.22. The molecule has 0 amide bonds. The van der Waals surface area contributed by atoms with Gasteiger partial charge in [-0.15, -0.1) is 0 Å². The normalized spacial score (nSPS) is 13.9. The van der Waals surface area contributed by atoms with Crippen LogP contribution in [0.3, 0.4) is 0 Å². The van der Waals surface area contributed by atoms with Gasteiger partial charge in [0.25, 0.3) is 0 Å². The van der Waals surface area contributed by atoms with Gasteiger partial charge in [-0.1, -0.05) is 0 Å². The molecule has 78 valence electrons. The number of aliphatic hydroxyl groups excluding tert-OH is 1. The van der Waals surface area contributed by atoms with Crippen LogP contribution < -0.4 is 0 Å². The Morgan fingerprint density at radius 2 is 2.08 bits per heavy atom. The van der Waals surface area contributed by atoms with E-state index in [9.17, 15) is 9.90 Å². The molecular formula is C9H18O4. The number of esters is 1. The van der Waals surface area contributed by atoms with E-state index in [1.807, 2.05) is 0 Å². The summed E-state index contributed by atoms with van der Waals surface area (Å²) in [6.07, 6.45) is -0.264. The Morgan fingerprint density at radius 1 is 1.54 bits per heavy atom. The summed E-state index contributed by atoms with van der Waals surface area (Å²) in [7, 11) is 0. The van der Waals surface area contributed by atoms with Gasteiger partial charge in [-0.3, -0.25) is 4.79 Å². The maximum Gasteiger partial charge on any atom is 0.308 e. The molecule has 0 rings (SSSR count). The summed E-state index contributed by atoms with van der Waals surface area (Å²) in [5.41, 5.74) is -0.814. The molecule has 13 heavy (non-hydrogen) atoms. The van der Waals surface area contributed by atoms with Crippen LogP contribution in [0.5, 0.6) is 0 Å². The van der Waals surface area contributed by atoms with Crippen molar-refractivity contribution in [2.75, 3.05) is 6.61 Å². The van der Waals surface area contributed by atoms with E-state index in [1.54, 1.807) is 13.8 Å². The number of rotatable bonds is 5. The average Bonchev–Trinajstić information content (AvgIpc) is 1.81. The number of hydrogen-bond acceptors (Lipinski definition) is 4. The molecule has 1 atom stereocenters. The molecule has 0 aromatic carbocycles. The quantitative estimate of drug-likeness (QED) is 0.618. The predicted octanol–water partition coefficient (Wildman–Crippen LogP) is 0.462. The first-order valence-electron chi connectivity index (χ1n) is 4.37. The van der Waals surface area contributed by atoms with Crippen molar-refractivity contribution in [2.24, 2.45) is 0 Å². The minimum Gasteiger partial charge on any atom is -0.465 e. The van der Waals surface area contributed by atoms with Crippen molar-refractivity contribution in [2.45, 2.75) is 45.3 Å². The summed E-state index contributed by atoms with van der Waals surface area (Å²) in [5, 5.41) is 18.1. The van der Waals surface area contributed by atoms with Gasteiger partial charge >= 0.3 is 5.97 Å². The minimum absolute atomic E-state index is 0.00581. The molecule has 0 radical (unpaired) electrons. The highest BCUT2D eigenvalue weighted by Crippen LogP contribution is 2.07. The first-order valence-corrected chi connectivity index (χ1v) is 4.37. The Balaban J connectivity index is 3.49. The van der Waals surface area contributed by atoms with E-state index in [1.165, 1.54) is 6.92 Å². The lowest BCUT2D eigenvalue weighted by Gasteiger charge is -2.16. The zero-order valence-electron chi connectivity index (χ0n) is 8.41. The minimum atomic E-state index is -0.814. The summed E-state index contributed by atoms with van der Waals surface area (Å²) < 4.78 is 4.77. The lowest BCUT2D eigenvalue weighted by atomic mass is 10.1. The largest absolute Gasteiger partial charge is 0.465 e. The molecule has 0 fully saturated rings. The van der Waals surface area contributed by atoms with E-state index in [0.29, 0.717) is 6.42 Å². The second-order valence-corrected chi connectivity index (χ2v) is 3.84. The van der Waals surface area contributed by atoms with Crippen LogP contribution in [0.1, 0.15) is 33.6 Å². The van der Waals surface area contributed by atoms with Crippen molar-refractivity contribution in [1.82, 2.24) is 0 Å². The molecule has 0 heterocycles. The first kappa shape index (κ1) is 12.4. The maximum absolute atomic E-state index is 10.9. The summed E-state index contributed by atoms with van der Waals surface area (Å²) in [6, 6.07) is 0. The average molecular weight is 190 g/mol. The summed E-state index contributed by atoms with van der Waals surface area (Å²) in [5.74, 6) is -0.431. The molecule has 0 aromatic rings. The first-order chi connectivity index (χ1) is 5.81. The smallest absolute Gasteiger partial charge is 0.308 e. The standard InChI is InChI=1S/C9H18O4/c1-7(10)6-8(11)13-5-4-9(2,3)12/h7,10,12H,4-6H2,1-3H3/t7-/m0/s1. The molecule has 0 saturated heterocycles. The van der Waals surface area contributed by atoms with E-state index >= 15 is 0 Å². The van der Waals surface area contributed by atoms with Crippen molar-refractivity contribution in [1.29, 1.82) is 0 Å². The maximum atomic E-state index is 10.9. The van der Waals surface area contributed by atoms with Crippen LogP contribution in [0.4, 0.5) is 0 Å². The van der Waals surface area contributed by atoms with Crippen molar-refractivity contribution in [3.63, 3.8) is 0 Å². The van der Waals surface area contributed by atoms with Crippen molar-refractivity contribution in [3.05, 3.63) is 0 Å². The molecule has 0 saturated carbocycles. The fourth-order valence-electron chi connectivity index (χ4n) is 0.715. The predicted molar refractivity (Wildman–Crippen MR) is 48.2 cm³/mol. The van der Waals surface area contributed by atoms with E-state index in [0.717, 1.165) is 0 Å². The van der Waals surface area contributed by atoms with Gasteiger partial charge < -0.3 is 14.9 Å². The fourth-order valence-corrected chi connectivity index (χ4v) is 0.715. The van der Waals surface area contributed by atoms with Gasteiger partial charge in [-0.25, -0.2) is 0 Å². The van der Waals surface area contributed by atoms with E-state index in [-0.39, 0.29) is 13.0 Å².